The third-order valence-electron chi connectivity index (χ3n) is 3.55. The molecule has 0 spiro atoms. The number of carboxylic acid groups (broad SMARTS) is 2. The van der Waals surface area contributed by atoms with Gasteiger partial charge in [0.1, 0.15) is 0 Å². The lowest BCUT2D eigenvalue weighted by Crippen LogP contribution is -2.34. The van der Waals surface area contributed by atoms with Gasteiger partial charge in [-0.05, 0) is 31.0 Å². The van der Waals surface area contributed by atoms with E-state index in [9.17, 15) is 14.4 Å². The van der Waals surface area contributed by atoms with Crippen LogP contribution in [0, 0.1) is 11.8 Å². The van der Waals surface area contributed by atoms with Gasteiger partial charge in [-0.15, -0.1) is 0 Å². The number of aromatic carboxylic acids is 1. The molecule has 1 aromatic carbocycles. The molecule has 6 nitrogen and oxygen atoms in total. The van der Waals surface area contributed by atoms with E-state index in [1.807, 2.05) is 0 Å². The highest BCUT2D eigenvalue weighted by Crippen LogP contribution is 2.28. The van der Waals surface area contributed by atoms with Crippen molar-refractivity contribution in [1.82, 2.24) is 0 Å². The maximum absolute atomic E-state index is 12.3. The van der Waals surface area contributed by atoms with Gasteiger partial charge in [0.05, 0.1) is 22.4 Å². The van der Waals surface area contributed by atoms with Crippen LogP contribution in [0.25, 0.3) is 0 Å². The Labute approximate surface area is 131 Å². The number of carbonyl (C=O) groups excluding carboxylic acids is 1. The van der Waals surface area contributed by atoms with E-state index in [4.69, 9.17) is 21.8 Å². The lowest BCUT2D eigenvalue weighted by atomic mass is 9.82. The average Bonchev–Trinajstić information content (AvgIpc) is 2.48. The van der Waals surface area contributed by atoms with Gasteiger partial charge in [0.15, 0.2) is 0 Å². The predicted octanol–water partition coefficient (Wildman–Crippen LogP) is 2.64. The van der Waals surface area contributed by atoms with Crippen molar-refractivity contribution >= 4 is 35.1 Å². The number of halogens is 1. The Kier molecular flexibility index (Phi) is 4.82. The highest BCUT2D eigenvalue weighted by Gasteiger charge is 2.34. The molecule has 1 aromatic rings. The van der Waals surface area contributed by atoms with E-state index < -0.39 is 29.7 Å². The van der Waals surface area contributed by atoms with Gasteiger partial charge in [-0.25, -0.2) is 4.79 Å². The minimum Gasteiger partial charge on any atom is -0.481 e. The molecule has 0 saturated carbocycles. The van der Waals surface area contributed by atoms with Gasteiger partial charge >= 0.3 is 11.9 Å². The molecule has 1 aliphatic carbocycles. The van der Waals surface area contributed by atoms with E-state index >= 15 is 0 Å². The van der Waals surface area contributed by atoms with Crippen LogP contribution < -0.4 is 5.32 Å². The predicted molar refractivity (Wildman–Crippen MR) is 80.0 cm³/mol. The summed E-state index contributed by atoms with van der Waals surface area (Å²) in [7, 11) is 0. The summed E-state index contributed by atoms with van der Waals surface area (Å²) in [6.45, 7) is 0. The Morgan fingerprint density at radius 3 is 2.32 bits per heavy atom. The molecule has 3 N–H and O–H groups in total. The van der Waals surface area contributed by atoms with Crippen molar-refractivity contribution < 1.29 is 24.6 Å². The number of amides is 1. The number of carbonyl (C=O) groups is 3. The summed E-state index contributed by atoms with van der Waals surface area (Å²) in [5.74, 6) is -4.14. The van der Waals surface area contributed by atoms with Gasteiger partial charge < -0.3 is 15.5 Å². The summed E-state index contributed by atoms with van der Waals surface area (Å²) in [4.78, 5) is 34.5. The average molecular weight is 324 g/mol. The molecule has 0 aliphatic heterocycles. The lowest BCUT2D eigenvalue weighted by molar-refractivity contribution is -0.146. The number of aliphatic carboxylic acids is 1. The van der Waals surface area contributed by atoms with Crippen LogP contribution in [-0.4, -0.2) is 28.1 Å². The molecule has 2 rings (SSSR count). The maximum Gasteiger partial charge on any atom is 0.337 e. The molecular formula is C15H14ClNO5. The molecule has 116 valence electrons. The third kappa shape index (κ3) is 3.46. The van der Waals surface area contributed by atoms with Crippen LogP contribution in [0.5, 0.6) is 0 Å². The first-order valence-electron chi connectivity index (χ1n) is 6.61. The first-order chi connectivity index (χ1) is 10.4. The first kappa shape index (κ1) is 16.0. The van der Waals surface area contributed by atoms with Crippen molar-refractivity contribution in [2.75, 3.05) is 5.32 Å². The summed E-state index contributed by atoms with van der Waals surface area (Å²) in [5, 5.41) is 20.8. The van der Waals surface area contributed by atoms with Gasteiger partial charge in [-0.1, -0.05) is 23.8 Å². The lowest BCUT2D eigenvalue weighted by Gasteiger charge is -2.24. The Bertz CT molecular complexity index is 655. The fourth-order valence-electron chi connectivity index (χ4n) is 2.38. The van der Waals surface area contributed by atoms with Crippen molar-refractivity contribution in [1.29, 1.82) is 0 Å². The number of nitrogens with one attached hydrogen (secondary N) is 1. The van der Waals surface area contributed by atoms with Crippen LogP contribution in [0.2, 0.25) is 5.02 Å². The number of benzene rings is 1. The molecule has 7 heteroatoms. The van der Waals surface area contributed by atoms with Crippen molar-refractivity contribution in [3.8, 4) is 0 Å². The zero-order chi connectivity index (χ0) is 16.3. The largest absolute Gasteiger partial charge is 0.481 e. The van der Waals surface area contributed by atoms with E-state index in [2.05, 4.69) is 5.32 Å². The van der Waals surface area contributed by atoms with Gasteiger partial charge in [0.2, 0.25) is 5.91 Å². The monoisotopic (exact) mass is 323 g/mol. The van der Waals surface area contributed by atoms with Gasteiger partial charge in [-0.3, -0.25) is 9.59 Å². The summed E-state index contributed by atoms with van der Waals surface area (Å²) >= 11 is 5.76. The Morgan fingerprint density at radius 1 is 1.09 bits per heavy atom. The second-order valence-corrected chi connectivity index (χ2v) is 5.39. The van der Waals surface area contributed by atoms with Crippen LogP contribution in [0.1, 0.15) is 23.2 Å². The summed E-state index contributed by atoms with van der Waals surface area (Å²) in [6.07, 6.45) is 4.15. The topological polar surface area (TPSA) is 104 Å². The van der Waals surface area contributed by atoms with Crippen molar-refractivity contribution in [3.63, 3.8) is 0 Å². The van der Waals surface area contributed by atoms with Gasteiger partial charge in [0, 0.05) is 5.69 Å². The molecule has 1 amide bonds. The fourth-order valence-corrected chi connectivity index (χ4v) is 2.58. The fraction of sp³-hybridized carbons (Fsp3) is 0.267. The number of anilines is 1. The maximum atomic E-state index is 12.3. The Hall–Kier alpha value is -2.34. The number of allylic oxidation sites excluding steroid dienone is 2. The zero-order valence-electron chi connectivity index (χ0n) is 11.5. The molecule has 22 heavy (non-hydrogen) atoms. The normalized spacial score (nSPS) is 20.4. The molecule has 0 radical (unpaired) electrons. The van der Waals surface area contributed by atoms with E-state index in [1.54, 1.807) is 12.2 Å². The molecule has 1 aliphatic rings. The Balaban J connectivity index is 2.18. The smallest absolute Gasteiger partial charge is 0.337 e. The molecular weight excluding hydrogens is 310 g/mol. The van der Waals surface area contributed by atoms with E-state index in [1.165, 1.54) is 18.2 Å². The second kappa shape index (κ2) is 6.62. The molecule has 0 heterocycles. The molecule has 0 bridgehead atoms. The van der Waals surface area contributed by atoms with Crippen LogP contribution in [0.15, 0.2) is 30.4 Å². The molecule has 0 aromatic heterocycles. The summed E-state index contributed by atoms with van der Waals surface area (Å²) in [6, 6.07) is 4.09. The SMILES string of the molecule is O=C(O)c1cc(NC(=O)[C@H]2CC=CC[C@H]2C(=O)O)ccc1Cl. The van der Waals surface area contributed by atoms with Crippen LogP contribution in [-0.2, 0) is 9.59 Å². The van der Waals surface area contributed by atoms with Crippen LogP contribution >= 0.6 is 11.6 Å². The molecule has 0 saturated heterocycles. The summed E-state index contributed by atoms with van der Waals surface area (Å²) in [5.41, 5.74) is 0.142. The van der Waals surface area contributed by atoms with E-state index in [-0.39, 0.29) is 16.3 Å². The molecule has 0 fully saturated rings. The summed E-state index contributed by atoms with van der Waals surface area (Å²) < 4.78 is 0. The van der Waals surface area contributed by atoms with Gasteiger partial charge in [0.25, 0.3) is 0 Å². The number of rotatable bonds is 4. The minimum atomic E-state index is -1.20. The highest BCUT2D eigenvalue weighted by molar-refractivity contribution is 6.33. The van der Waals surface area contributed by atoms with Gasteiger partial charge in [-0.2, -0.15) is 0 Å². The van der Waals surface area contributed by atoms with E-state index in [0.717, 1.165) is 0 Å². The standard InChI is InChI=1S/C15H14ClNO5/c16-12-6-5-8(7-11(12)15(21)22)17-13(18)9-3-1-2-4-10(9)14(19)20/h1-2,5-7,9-10H,3-4H2,(H,17,18)(H,19,20)(H,21,22)/t9-,10+/m0/s1. The molecule has 0 unspecified atom stereocenters. The van der Waals surface area contributed by atoms with Crippen LogP contribution in [0.3, 0.4) is 0 Å². The number of carboxylic acids is 2. The number of hydrogen-bond donors (Lipinski definition) is 3. The van der Waals surface area contributed by atoms with Crippen molar-refractivity contribution in [2.45, 2.75) is 12.8 Å². The quantitative estimate of drug-likeness (QED) is 0.739. The first-order valence-corrected chi connectivity index (χ1v) is 6.99. The van der Waals surface area contributed by atoms with Crippen molar-refractivity contribution in [2.24, 2.45) is 11.8 Å². The minimum absolute atomic E-state index is 0.0644. The molecule has 2 atom stereocenters. The highest BCUT2D eigenvalue weighted by atomic mass is 35.5. The Morgan fingerprint density at radius 2 is 1.73 bits per heavy atom. The number of hydrogen-bond acceptors (Lipinski definition) is 3. The second-order valence-electron chi connectivity index (χ2n) is 4.98. The zero-order valence-corrected chi connectivity index (χ0v) is 12.2. The van der Waals surface area contributed by atoms with Crippen molar-refractivity contribution in [3.05, 3.63) is 40.9 Å². The third-order valence-corrected chi connectivity index (χ3v) is 3.88. The van der Waals surface area contributed by atoms with E-state index in [0.29, 0.717) is 12.8 Å². The van der Waals surface area contributed by atoms with Crippen LogP contribution in [0.4, 0.5) is 5.69 Å².